The highest BCUT2D eigenvalue weighted by molar-refractivity contribution is 5.98. The first kappa shape index (κ1) is 16.4. The van der Waals surface area contributed by atoms with Gasteiger partial charge in [0.05, 0.1) is 0 Å². The molecule has 0 saturated heterocycles. The zero-order chi connectivity index (χ0) is 18.9. The number of pyridine rings is 2. The molecule has 1 saturated carbocycles. The van der Waals surface area contributed by atoms with Gasteiger partial charge in [-0.1, -0.05) is 13.3 Å². The van der Waals surface area contributed by atoms with Crippen LogP contribution in [-0.2, 0) is 5.66 Å². The monoisotopic (exact) mass is 365 g/mol. The molecular formula is C20H23N5O2. The summed E-state index contributed by atoms with van der Waals surface area (Å²) < 4.78 is 1.73. The fraction of sp³-hybridized carbons (Fsp3) is 0.450. The van der Waals surface area contributed by atoms with Gasteiger partial charge in [0.25, 0.3) is 11.5 Å². The van der Waals surface area contributed by atoms with Crippen molar-refractivity contribution in [2.45, 2.75) is 57.5 Å². The molecule has 1 aliphatic carbocycles. The number of carbonyl (C=O) groups excluding carboxylic acids is 1. The van der Waals surface area contributed by atoms with Crippen molar-refractivity contribution in [2.24, 2.45) is 0 Å². The summed E-state index contributed by atoms with van der Waals surface area (Å²) in [6, 6.07) is 1.77. The predicted molar refractivity (Wildman–Crippen MR) is 103 cm³/mol. The third-order valence-corrected chi connectivity index (χ3v) is 6.45. The maximum Gasteiger partial charge on any atom is 0.277 e. The molecular weight excluding hydrogens is 342 g/mol. The number of hydrogen-bond donors (Lipinski definition) is 3. The number of aromatic nitrogens is 2. The van der Waals surface area contributed by atoms with Gasteiger partial charge >= 0.3 is 0 Å². The largest absolute Gasteiger partial charge is 0.384 e. The van der Waals surface area contributed by atoms with Crippen LogP contribution >= 0.6 is 0 Å². The molecule has 0 radical (unpaired) electrons. The first-order valence-corrected chi connectivity index (χ1v) is 9.58. The highest BCUT2D eigenvalue weighted by atomic mass is 16.2. The van der Waals surface area contributed by atoms with Crippen molar-refractivity contribution >= 4 is 23.1 Å². The summed E-state index contributed by atoms with van der Waals surface area (Å²) in [6.07, 6.45) is 6.51. The fourth-order valence-electron chi connectivity index (χ4n) is 5.19. The second kappa shape index (κ2) is 5.34. The molecule has 2 aromatic heterocycles. The smallest absolute Gasteiger partial charge is 0.277 e. The van der Waals surface area contributed by atoms with Crippen molar-refractivity contribution < 1.29 is 4.79 Å². The zero-order valence-corrected chi connectivity index (χ0v) is 15.6. The average Bonchev–Trinajstić information content (AvgIpc) is 2.91. The van der Waals surface area contributed by atoms with Crippen LogP contribution in [0, 0.1) is 6.92 Å². The van der Waals surface area contributed by atoms with Crippen molar-refractivity contribution in [1.82, 2.24) is 14.9 Å². The van der Waals surface area contributed by atoms with Crippen LogP contribution in [0.1, 0.15) is 72.1 Å². The molecule has 140 valence electrons. The van der Waals surface area contributed by atoms with E-state index in [9.17, 15) is 9.59 Å². The Morgan fingerprint density at radius 1 is 1.26 bits per heavy atom. The summed E-state index contributed by atoms with van der Waals surface area (Å²) in [5.41, 5.74) is 9.76. The summed E-state index contributed by atoms with van der Waals surface area (Å²) in [6.45, 7) is 3.99. The Morgan fingerprint density at radius 3 is 2.74 bits per heavy atom. The van der Waals surface area contributed by atoms with Crippen LogP contribution in [0.5, 0.6) is 0 Å². The Bertz CT molecular complexity index is 1050. The van der Waals surface area contributed by atoms with E-state index in [1.165, 1.54) is 0 Å². The topological polar surface area (TPSA) is 102 Å². The van der Waals surface area contributed by atoms with Crippen molar-refractivity contribution in [2.75, 3.05) is 11.1 Å². The molecule has 7 heteroatoms. The Balaban J connectivity index is 1.78. The molecule has 5 rings (SSSR count). The maximum atomic E-state index is 13.6. The number of carbonyl (C=O) groups is 1. The molecule has 4 heterocycles. The van der Waals surface area contributed by atoms with Gasteiger partial charge in [0.15, 0.2) is 0 Å². The van der Waals surface area contributed by atoms with E-state index in [2.05, 4.69) is 15.6 Å². The molecule has 2 aliphatic heterocycles. The predicted octanol–water partition coefficient (Wildman–Crippen LogP) is 2.70. The standard InChI is InChI=1S/C20H23N5O2/c1-10-12-9-22-14(21)8-13(12)23-16-15(10)11(2)17-18(26)24-20(25(17)19(16)27)6-4-3-5-7-20/h8-10,23H,3-7H2,1-2H3,(H2,21,22)(H,24,26)/t10-/m1/s1. The molecule has 27 heavy (non-hydrogen) atoms. The highest BCUT2D eigenvalue weighted by Crippen LogP contribution is 2.45. The number of fused-ring (bicyclic) bond motifs is 4. The first-order chi connectivity index (χ1) is 12.9. The minimum Gasteiger partial charge on any atom is -0.384 e. The van der Waals surface area contributed by atoms with Crippen molar-refractivity contribution in [3.8, 4) is 0 Å². The molecule has 4 N–H and O–H groups in total. The minimum atomic E-state index is -0.579. The van der Waals surface area contributed by atoms with Gasteiger partial charge in [-0.2, -0.15) is 0 Å². The quantitative estimate of drug-likeness (QED) is 0.666. The second-order valence-electron chi connectivity index (χ2n) is 7.99. The van der Waals surface area contributed by atoms with Crippen molar-refractivity contribution in [3.63, 3.8) is 0 Å². The van der Waals surface area contributed by atoms with Gasteiger partial charge in [-0.15, -0.1) is 0 Å². The van der Waals surface area contributed by atoms with Gasteiger partial charge in [0.1, 0.15) is 22.9 Å². The number of anilines is 3. The summed E-state index contributed by atoms with van der Waals surface area (Å²) in [4.78, 5) is 30.7. The third-order valence-electron chi connectivity index (χ3n) is 6.45. The molecule has 1 amide bonds. The van der Waals surface area contributed by atoms with Crippen LogP contribution in [0.25, 0.3) is 0 Å². The van der Waals surface area contributed by atoms with E-state index in [0.717, 1.165) is 54.5 Å². The highest BCUT2D eigenvalue weighted by Gasteiger charge is 2.46. The number of nitrogen functional groups attached to an aromatic ring is 1. The van der Waals surface area contributed by atoms with Crippen molar-refractivity contribution in [3.05, 3.63) is 45.0 Å². The number of rotatable bonds is 0. The Hall–Kier alpha value is -2.83. The molecule has 1 fully saturated rings. The van der Waals surface area contributed by atoms with Crippen molar-refractivity contribution in [1.29, 1.82) is 0 Å². The lowest BCUT2D eigenvalue weighted by molar-refractivity contribution is 0.0876. The first-order valence-electron chi connectivity index (χ1n) is 9.58. The van der Waals surface area contributed by atoms with E-state index in [1.54, 1.807) is 16.8 Å². The molecule has 0 bridgehead atoms. The van der Waals surface area contributed by atoms with Crippen LogP contribution in [-0.4, -0.2) is 15.5 Å². The third kappa shape index (κ3) is 2.05. The van der Waals surface area contributed by atoms with Gasteiger partial charge in [-0.3, -0.25) is 14.2 Å². The molecule has 1 spiro atoms. The van der Waals surface area contributed by atoms with Crippen LogP contribution in [0.4, 0.5) is 17.2 Å². The second-order valence-corrected chi connectivity index (χ2v) is 7.99. The summed E-state index contributed by atoms with van der Waals surface area (Å²) in [5.74, 6) is 0.233. The number of nitrogens with one attached hydrogen (secondary N) is 2. The Morgan fingerprint density at radius 2 is 2.00 bits per heavy atom. The molecule has 2 aromatic rings. The molecule has 1 atom stereocenters. The van der Waals surface area contributed by atoms with Crippen LogP contribution in [0.3, 0.4) is 0 Å². The SMILES string of the molecule is Cc1c2c(c(=O)n3c1C(=O)NC31CCCCC1)Nc1cc(N)ncc1[C@H]2C. The van der Waals surface area contributed by atoms with E-state index in [4.69, 9.17) is 5.73 Å². The van der Waals surface area contributed by atoms with E-state index in [-0.39, 0.29) is 17.4 Å². The van der Waals surface area contributed by atoms with E-state index in [0.29, 0.717) is 17.2 Å². The minimum absolute atomic E-state index is 0.0429. The van der Waals surface area contributed by atoms with Gasteiger partial charge < -0.3 is 16.4 Å². The Labute approximate surface area is 157 Å². The van der Waals surface area contributed by atoms with Gasteiger partial charge in [0.2, 0.25) is 0 Å². The van der Waals surface area contributed by atoms with Crippen LogP contribution in [0.15, 0.2) is 17.1 Å². The number of amides is 1. The van der Waals surface area contributed by atoms with Gasteiger partial charge in [0, 0.05) is 29.4 Å². The number of nitrogens with two attached hydrogens (primary N) is 1. The van der Waals surface area contributed by atoms with Gasteiger partial charge in [-0.05, 0) is 43.7 Å². The summed E-state index contributed by atoms with van der Waals surface area (Å²) in [5, 5.41) is 6.44. The Kier molecular flexibility index (Phi) is 3.24. The molecule has 7 nitrogen and oxygen atoms in total. The van der Waals surface area contributed by atoms with Crippen LogP contribution < -0.4 is 21.9 Å². The van der Waals surface area contributed by atoms with E-state index in [1.807, 2.05) is 13.8 Å². The van der Waals surface area contributed by atoms with Crippen LogP contribution in [0.2, 0.25) is 0 Å². The lowest BCUT2D eigenvalue weighted by atomic mass is 9.84. The summed E-state index contributed by atoms with van der Waals surface area (Å²) >= 11 is 0. The number of hydrogen-bond acceptors (Lipinski definition) is 5. The average molecular weight is 365 g/mol. The van der Waals surface area contributed by atoms with Gasteiger partial charge in [-0.25, -0.2) is 4.98 Å². The lowest BCUT2D eigenvalue weighted by Gasteiger charge is -2.36. The van der Waals surface area contributed by atoms with E-state index < -0.39 is 5.66 Å². The number of nitrogens with zero attached hydrogens (tertiary/aromatic N) is 2. The molecule has 0 aromatic carbocycles. The zero-order valence-electron chi connectivity index (χ0n) is 15.6. The maximum absolute atomic E-state index is 13.6. The summed E-state index contributed by atoms with van der Waals surface area (Å²) in [7, 11) is 0. The lowest BCUT2D eigenvalue weighted by Crippen LogP contribution is -2.49. The fourth-order valence-corrected chi connectivity index (χ4v) is 5.19. The molecule has 0 unspecified atom stereocenters. The van der Waals surface area contributed by atoms with E-state index >= 15 is 0 Å². The molecule has 3 aliphatic rings. The normalized spacial score (nSPS) is 21.9.